The molecule has 4 heteroatoms. The van der Waals surface area contributed by atoms with Crippen LogP contribution in [0.5, 0.6) is 0 Å². The molecule has 0 aromatic heterocycles. The van der Waals surface area contributed by atoms with E-state index in [0.717, 1.165) is 6.42 Å². The predicted octanol–water partition coefficient (Wildman–Crippen LogP) is 0.519. The molecule has 4 nitrogen and oxygen atoms in total. The molecule has 1 fully saturated rings. The van der Waals surface area contributed by atoms with Gasteiger partial charge in [-0.15, -0.1) is 0 Å². The third-order valence-electron chi connectivity index (χ3n) is 2.73. The van der Waals surface area contributed by atoms with Gasteiger partial charge in [-0.05, 0) is 18.3 Å². The number of aliphatic hydroxyl groups is 2. The van der Waals surface area contributed by atoms with E-state index in [2.05, 4.69) is 5.18 Å². The lowest BCUT2D eigenvalue weighted by Crippen LogP contribution is -2.48. The molecule has 70 valence electrons. The van der Waals surface area contributed by atoms with E-state index in [9.17, 15) is 15.1 Å². The molecule has 12 heavy (non-hydrogen) atoms. The minimum Gasteiger partial charge on any atom is -0.390 e. The van der Waals surface area contributed by atoms with Crippen molar-refractivity contribution >= 4 is 0 Å². The van der Waals surface area contributed by atoms with Crippen molar-refractivity contribution in [2.75, 3.05) is 0 Å². The lowest BCUT2D eigenvalue weighted by molar-refractivity contribution is -0.0657. The molecule has 0 saturated heterocycles. The van der Waals surface area contributed by atoms with Crippen LogP contribution >= 0.6 is 0 Å². The van der Waals surface area contributed by atoms with Gasteiger partial charge in [0.05, 0.1) is 6.10 Å². The molecule has 0 amide bonds. The second kappa shape index (κ2) is 3.49. The summed E-state index contributed by atoms with van der Waals surface area (Å²) >= 11 is 0. The van der Waals surface area contributed by atoms with Crippen molar-refractivity contribution in [2.45, 2.75) is 38.5 Å². The highest BCUT2D eigenvalue weighted by molar-refractivity contribution is 4.93. The van der Waals surface area contributed by atoms with Crippen molar-refractivity contribution in [1.82, 2.24) is 0 Å². The van der Waals surface area contributed by atoms with Gasteiger partial charge >= 0.3 is 0 Å². The molecule has 0 bridgehead atoms. The Balaban J connectivity index is 2.71. The smallest absolute Gasteiger partial charge is 0.123 e. The van der Waals surface area contributed by atoms with Crippen molar-refractivity contribution in [3.05, 3.63) is 4.91 Å². The lowest BCUT2D eigenvalue weighted by atomic mass is 9.76. The van der Waals surface area contributed by atoms with Crippen LogP contribution in [0.4, 0.5) is 0 Å². The van der Waals surface area contributed by atoms with Gasteiger partial charge in [0.2, 0.25) is 0 Å². The maximum absolute atomic E-state index is 10.3. The van der Waals surface area contributed by atoms with Gasteiger partial charge in [-0.25, -0.2) is 0 Å². The summed E-state index contributed by atoms with van der Waals surface area (Å²) < 4.78 is 0. The van der Waals surface area contributed by atoms with Crippen LogP contribution < -0.4 is 0 Å². The molecule has 1 aliphatic rings. The quantitative estimate of drug-likeness (QED) is 0.568. The van der Waals surface area contributed by atoms with E-state index >= 15 is 0 Å². The Morgan fingerprint density at radius 1 is 1.17 bits per heavy atom. The van der Waals surface area contributed by atoms with E-state index < -0.39 is 18.2 Å². The van der Waals surface area contributed by atoms with Gasteiger partial charge in [-0.1, -0.05) is 19.0 Å². The second-order valence-electron chi connectivity index (χ2n) is 3.77. The number of rotatable bonds is 1. The molecule has 1 rings (SSSR count). The van der Waals surface area contributed by atoms with Crippen molar-refractivity contribution in [2.24, 2.45) is 17.0 Å². The largest absolute Gasteiger partial charge is 0.390 e. The fourth-order valence-corrected chi connectivity index (χ4v) is 1.91. The van der Waals surface area contributed by atoms with Gasteiger partial charge in [0.25, 0.3) is 0 Å². The van der Waals surface area contributed by atoms with Crippen molar-refractivity contribution in [3.8, 4) is 0 Å². The molecular formula is C8H15NO3. The van der Waals surface area contributed by atoms with Crippen molar-refractivity contribution in [1.29, 1.82) is 0 Å². The van der Waals surface area contributed by atoms with Crippen LogP contribution in [0.25, 0.3) is 0 Å². The van der Waals surface area contributed by atoms with Crippen LogP contribution in [0.15, 0.2) is 5.18 Å². The van der Waals surface area contributed by atoms with E-state index in [1.54, 1.807) is 0 Å². The highest BCUT2D eigenvalue weighted by Crippen LogP contribution is 2.31. The molecule has 0 radical (unpaired) electrons. The molecular weight excluding hydrogens is 158 g/mol. The van der Waals surface area contributed by atoms with Crippen LogP contribution in [0.2, 0.25) is 0 Å². The van der Waals surface area contributed by atoms with Crippen LogP contribution in [0, 0.1) is 16.7 Å². The third kappa shape index (κ3) is 1.49. The number of nitroso groups, excluding NO2 is 1. The topological polar surface area (TPSA) is 69.9 Å². The Morgan fingerprint density at radius 3 is 2.25 bits per heavy atom. The summed E-state index contributed by atoms with van der Waals surface area (Å²) in [6.45, 7) is 3.74. The average molecular weight is 173 g/mol. The van der Waals surface area contributed by atoms with Gasteiger partial charge in [-0.3, -0.25) is 0 Å². The van der Waals surface area contributed by atoms with Crippen molar-refractivity contribution < 1.29 is 10.2 Å². The molecule has 1 saturated carbocycles. The maximum atomic E-state index is 10.3. The Morgan fingerprint density at radius 2 is 1.75 bits per heavy atom. The summed E-state index contributed by atoms with van der Waals surface area (Å²) in [6.07, 6.45) is -1.04. The van der Waals surface area contributed by atoms with Crippen LogP contribution in [-0.2, 0) is 0 Å². The summed E-state index contributed by atoms with van der Waals surface area (Å²) in [6, 6.07) is -0.642. The molecule has 1 aliphatic carbocycles. The first-order chi connectivity index (χ1) is 5.57. The van der Waals surface area contributed by atoms with Gasteiger partial charge in [0, 0.05) is 0 Å². The number of hydrogen-bond donors (Lipinski definition) is 2. The molecule has 0 heterocycles. The summed E-state index contributed by atoms with van der Waals surface area (Å²) in [7, 11) is 0. The first kappa shape index (κ1) is 9.61. The van der Waals surface area contributed by atoms with E-state index in [4.69, 9.17) is 0 Å². The summed E-state index contributed by atoms with van der Waals surface area (Å²) in [5, 5.41) is 21.7. The zero-order valence-corrected chi connectivity index (χ0v) is 7.34. The summed E-state index contributed by atoms with van der Waals surface area (Å²) in [5.74, 6) is 0.115. The van der Waals surface area contributed by atoms with Gasteiger partial charge in [0.1, 0.15) is 12.1 Å². The molecule has 0 aromatic carbocycles. The molecule has 5 atom stereocenters. The van der Waals surface area contributed by atoms with E-state index in [-0.39, 0.29) is 11.8 Å². The summed E-state index contributed by atoms with van der Waals surface area (Å²) in [5.41, 5.74) is 0. The number of nitrogens with zero attached hydrogens (tertiary/aromatic N) is 1. The zero-order valence-electron chi connectivity index (χ0n) is 7.34. The van der Waals surface area contributed by atoms with Crippen molar-refractivity contribution in [3.63, 3.8) is 0 Å². The van der Waals surface area contributed by atoms with E-state index in [0.29, 0.717) is 0 Å². The fraction of sp³-hybridized carbons (Fsp3) is 1.00. The zero-order chi connectivity index (χ0) is 9.30. The first-order valence-electron chi connectivity index (χ1n) is 4.26. The molecule has 0 aromatic rings. The molecule has 5 unspecified atom stereocenters. The van der Waals surface area contributed by atoms with Gasteiger partial charge in [0.15, 0.2) is 0 Å². The highest BCUT2D eigenvalue weighted by Gasteiger charge is 2.40. The highest BCUT2D eigenvalue weighted by atomic mass is 16.3. The fourth-order valence-electron chi connectivity index (χ4n) is 1.91. The Kier molecular flexibility index (Phi) is 2.80. The standard InChI is InChI=1S/C8H15NO3/c1-4-3-5(2)7(10)8(11)6(4)9-12/h4-8,10-11H,3H2,1-2H3. The second-order valence-corrected chi connectivity index (χ2v) is 3.77. The Bertz CT molecular complexity index is 174. The maximum Gasteiger partial charge on any atom is 0.123 e. The minimum atomic E-state index is -0.985. The van der Waals surface area contributed by atoms with Crippen LogP contribution in [-0.4, -0.2) is 28.5 Å². The summed E-state index contributed by atoms with van der Waals surface area (Å²) in [4.78, 5) is 10.3. The third-order valence-corrected chi connectivity index (χ3v) is 2.73. The normalized spacial score (nSPS) is 48.8. The number of aliphatic hydroxyl groups excluding tert-OH is 2. The first-order valence-corrected chi connectivity index (χ1v) is 4.26. The Labute approximate surface area is 71.6 Å². The lowest BCUT2D eigenvalue weighted by Gasteiger charge is -2.36. The Hall–Kier alpha value is -0.480. The SMILES string of the molecule is CC1CC(C)C(N=O)C(O)C1O. The average Bonchev–Trinajstić information content (AvgIpc) is 2.01. The van der Waals surface area contributed by atoms with Crippen LogP contribution in [0.1, 0.15) is 20.3 Å². The number of hydrogen-bond acceptors (Lipinski definition) is 4. The predicted molar refractivity (Wildman–Crippen MR) is 44.5 cm³/mol. The minimum absolute atomic E-state index is 0.0491. The van der Waals surface area contributed by atoms with Gasteiger partial charge in [-0.2, -0.15) is 4.91 Å². The van der Waals surface area contributed by atoms with E-state index in [1.165, 1.54) is 0 Å². The monoisotopic (exact) mass is 173 g/mol. The van der Waals surface area contributed by atoms with E-state index in [1.807, 2.05) is 13.8 Å². The van der Waals surface area contributed by atoms with Crippen LogP contribution in [0.3, 0.4) is 0 Å². The molecule has 0 aliphatic heterocycles. The molecule has 2 N–H and O–H groups in total. The molecule has 0 spiro atoms. The van der Waals surface area contributed by atoms with Gasteiger partial charge < -0.3 is 10.2 Å².